The molecule has 1 saturated heterocycles. The van der Waals surface area contributed by atoms with Gasteiger partial charge in [-0.15, -0.1) is 0 Å². The lowest BCUT2D eigenvalue weighted by atomic mass is 9.88. The third-order valence-corrected chi connectivity index (χ3v) is 14.7. The predicted octanol–water partition coefficient (Wildman–Crippen LogP) is 6.98. The van der Waals surface area contributed by atoms with Crippen molar-refractivity contribution in [2.45, 2.75) is 161 Å². The number of esters is 2. The molecule has 48 heavy (non-hydrogen) atoms. The van der Waals surface area contributed by atoms with E-state index in [-0.39, 0.29) is 29.9 Å². The molecule has 1 fully saturated rings. The molecule has 2 rings (SSSR count). The Morgan fingerprint density at radius 1 is 1.19 bits per heavy atom. The lowest BCUT2D eigenvalue weighted by molar-refractivity contribution is -0.157. The Hall–Kier alpha value is -2.18. The Kier molecular flexibility index (Phi) is 14.6. The summed E-state index contributed by atoms with van der Waals surface area (Å²) in [5, 5.41) is 11.3. The van der Waals surface area contributed by atoms with Gasteiger partial charge in [0.15, 0.2) is 14.0 Å². The smallest absolute Gasteiger partial charge is 0.308 e. The van der Waals surface area contributed by atoms with Crippen LogP contribution in [0.5, 0.6) is 0 Å². The van der Waals surface area contributed by atoms with Gasteiger partial charge in [0.25, 0.3) is 0 Å². The summed E-state index contributed by atoms with van der Waals surface area (Å²) in [7, 11) is -0.700. The van der Waals surface area contributed by atoms with Gasteiger partial charge in [-0.1, -0.05) is 59.8 Å². The Morgan fingerprint density at radius 3 is 2.35 bits per heavy atom. The van der Waals surface area contributed by atoms with E-state index in [1.165, 1.54) is 26.0 Å². The van der Waals surface area contributed by atoms with Gasteiger partial charge in [0.2, 0.25) is 5.78 Å². The Labute approximate surface area is 288 Å². The number of aliphatic hydroxyl groups is 1. The molecule has 0 saturated carbocycles. The first-order valence-corrected chi connectivity index (χ1v) is 20.1. The fourth-order valence-electron chi connectivity index (χ4n) is 5.85. The summed E-state index contributed by atoms with van der Waals surface area (Å²) in [5.41, 5.74) is -3.10. The van der Waals surface area contributed by atoms with Crippen LogP contribution in [0.15, 0.2) is 36.0 Å². The highest BCUT2D eigenvalue weighted by atomic mass is 28.4. The number of carbonyl (C=O) groups excluding carboxylic acids is 3. The molecular formula is C37H61FO9Si. The fraction of sp³-hybridized carbons (Fsp3) is 0.757. The largest absolute Gasteiger partial charge is 0.457 e. The van der Waals surface area contributed by atoms with Crippen molar-refractivity contribution < 1.29 is 47.3 Å². The summed E-state index contributed by atoms with van der Waals surface area (Å²) in [6, 6.07) is 0. The minimum absolute atomic E-state index is 0.0309. The first-order valence-electron chi connectivity index (χ1n) is 17.2. The summed E-state index contributed by atoms with van der Waals surface area (Å²) in [6.45, 7) is 22.2. The fourth-order valence-corrected chi connectivity index (χ4v) is 7.23. The number of Topliss-reactive ketones (excluding diaryl/α,β-unsaturated/α-hetero) is 1. The van der Waals surface area contributed by atoms with E-state index >= 15 is 4.39 Å². The van der Waals surface area contributed by atoms with Crippen molar-refractivity contribution in [2.75, 3.05) is 7.11 Å². The van der Waals surface area contributed by atoms with Crippen molar-refractivity contribution in [1.29, 1.82) is 0 Å². The summed E-state index contributed by atoms with van der Waals surface area (Å²) < 4.78 is 44.9. The van der Waals surface area contributed by atoms with Crippen LogP contribution in [0.25, 0.3) is 0 Å². The second-order valence-corrected chi connectivity index (χ2v) is 20.3. The maximum absolute atomic E-state index is 15.6. The third kappa shape index (κ3) is 11.4. The van der Waals surface area contributed by atoms with E-state index in [1.807, 2.05) is 20.8 Å². The van der Waals surface area contributed by atoms with Gasteiger partial charge < -0.3 is 28.5 Å². The van der Waals surface area contributed by atoms with Crippen LogP contribution in [0.2, 0.25) is 18.1 Å². The van der Waals surface area contributed by atoms with E-state index in [0.29, 0.717) is 12.0 Å². The van der Waals surface area contributed by atoms with Crippen LogP contribution in [0.4, 0.5) is 4.39 Å². The Morgan fingerprint density at radius 2 is 1.81 bits per heavy atom. The second kappa shape index (κ2) is 16.7. The summed E-state index contributed by atoms with van der Waals surface area (Å²) in [6.07, 6.45) is 5.34. The maximum atomic E-state index is 15.6. The highest BCUT2D eigenvalue weighted by Gasteiger charge is 2.54. The quantitative estimate of drug-likeness (QED) is 0.0758. The average Bonchev–Trinajstić information content (AvgIpc) is 3.76. The molecule has 9 nitrogen and oxygen atoms in total. The summed E-state index contributed by atoms with van der Waals surface area (Å²) >= 11 is 0. The molecule has 0 radical (unpaired) electrons. The zero-order valence-electron chi connectivity index (χ0n) is 31.4. The zero-order chi connectivity index (χ0) is 36.8. The van der Waals surface area contributed by atoms with Crippen molar-refractivity contribution in [2.24, 2.45) is 11.8 Å². The number of ketones is 1. The monoisotopic (exact) mass is 696 g/mol. The third-order valence-electron chi connectivity index (χ3n) is 10.2. The molecule has 0 aromatic heterocycles. The van der Waals surface area contributed by atoms with Crippen molar-refractivity contribution >= 4 is 26.0 Å². The van der Waals surface area contributed by atoms with Crippen molar-refractivity contribution in [3.05, 3.63) is 36.0 Å². The SMILES string of the molecule is CC[C@H](OC)[C@@H](C)C1O[C@@H]1C(=O)C(C)(F)/C=C/C=C(\C)[C@H]1OC(=O)C[C@H](O[Si](C)(C)C(C)(C)C)CC[C@@](C)(O)[C@@H](OC(C)=O)/C=C/[C@@H]1C. The highest BCUT2D eigenvalue weighted by molar-refractivity contribution is 6.74. The molecule has 0 aromatic rings. The van der Waals surface area contributed by atoms with E-state index in [2.05, 4.69) is 33.9 Å². The number of rotatable bonds is 12. The van der Waals surface area contributed by atoms with Gasteiger partial charge in [-0.25, -0.2) is 4.39 Å². The van der Waals surface area contributed by atoms with Crippen LogP contribution in [-0.2, 0) is 37.8 Å². The van der Waals surface area contributed by atoms with Crippen LogP contribution < -0.4 is 0 Å². The molecule has 2 aliphatic rings. The second-order valence-electron chi connectivity index (χ2n) is 15.6. The number of epoxide rings is 1. The van der Waals surface area contributed by atoms with Crippen LogP contribution in [0.1, 0.15) is 94.9 Å². The average molecular weight is 697 g/mol. The van der Waals surface area contributed by atoms with Gasteiger partial charge in [0, 0.05) is 25.9 Å². The lowest BCUT2D eigenvalue weighted by Crippen LogP contribution is -2.46. The molecule has 0 bridgehead atoms. The molecular weight excluding hydrogens is 635 g/mol. The number of hydrogen-bond donors (Lipinski definition) is 1. The number of halogens is 1. The molecule has 2 aliphatic heterocycles. The molecule has 0 aliphatic carbocycles. The number of carbonyl (C=O) groups is 3. The van der Waals surface area contributed by atoms with E-state index in [1.54, 1.807) is 39.2 Å². The maximum Gasteiger partial charge on any atom is 0.308 e. The Balaban J connectivity index is 2.37. The van der Waals surface area contributed by atoms with Crippen LogP contribution in [0, 0.1) is 11.8 Å². The number of alkyl halides is 1. The topological polar surface area (TPSA) is 121 Å². The minimum Gasteiger partial charge on any atom is -0.457 e. The van der Waals surface area contributed by atoms with E-state index in [9.17, 15) is 19.5 Å². The number of ether oxygens (including phenoxy) is 4. The highest BCUT2D eigenvalue weighted by Crippen LogP contribution is 2.39. The molecule has 274 valence electrons. The number of methoxy groups -OCH3 is 1. The predicted molar refractivity (Wildman–Crippen MR) is 187 cm³/mol. The van der Waals surface area contributed by atoms with Gasteiger partial charge in [-0.2, -0.15) is 0 Å². The van der Waals surface area contributed by atoms with E-state index in [0.717, 1.165) is 6.42 Å². The standard InChI is InChI=1S/C37H61FO9Si/c1-14-28(43-11)25(4)32-33(46-32)34(41)36(9,38)20-15-16-23(2)31-24(3)17-18-29(44-26(5)39)37(10,42)21-19-27(22-30(40)45-31)47-48(12,13)35(6,7)8/h15-18,20,24-25,27-29,31-33,42H,14,19,21-22H2,1-13H3/b18-17+,20-15+,23-16+/t24-,25+,27+,28-,29-,31+,32?,33-,36?,37+/m0/s1. The van der Waals surface area contributed by atoms with Crippen LogP contribution in [-0.4, -0.2) is 86.1 Å². The van der Waals surface area contributed by atoms with E-state index < -0.39 is 73.7 Å². The van der Waals surface area contributed by atoms with Crippen molar-refractivity contribution in [3.63, 3.8) is 0 Å². The number of cyclic esters (lactones) is 1. The van der Waals surface area contributed by atoms with Crippen LogP contribution in [0.3, 0.4) is 0 Å². The lowest BCUT2D eigenvalue weighted by Gasteiger charge is -2.40. The van der Waals surface area contributed by atoms with Crippen molar-refractivity contribution in [3.8, 4) is 0 Å². The molecule has 11 heteroatoms. The normalized spacial score (nSPS) is 32.6. The molecule has 10 atom stereocenters. The van der Waals surface area contributed by atoms with Gasteiger partial charge in [-0.05, 0) is 75.9 Å². The summed E-state index contributed by atoms with van der Waals surface area (Å²) in [5.74, 6) is -2.13. The Bertz CT molecular complexity index is 1210. The van der Waals surface area contributed by atoms with Gasteiger partial charge in [-0.3, -0.25) is 14.4 Å². The summed E-state index contributed by atoms with van der Waals surface area (Å²) in [4.78, 5) is 38.5. The molecule has 2 unspecified atom stereocenters. The number of hydrogen-bond acceptors (Lipinski definition) is 9. The molecule has 0 aromatic carbocycles. The molecule has 1 N–H and O–H groups in total. The number of allylic oxidation sites excluding steroid dienone is 3. The molecule has 0 spiro atoms. The zero-order valence-corrected chi connectivity index (χ0v) is 32.4. The van der Waals surface area contributed by atoms with Gasteiger partial charge in [0.05, 0.1) is 24.7 Å². The first kappa shape index (κ1) is 42.0. The minimum atomic E-state index is -2.31. The molecule has 0 amide bonds. The molecule has 2 heterocycles. The van der Waals surface area contributed by atoms with Gasteiger partial charge in [0.1, 0.15) is 23.9 Å². The van der Waals surface area contributed by atoms with Crippen molar-refractivity contribution in [1.82, 2.24) is 0 Å². The van der Waals surface area contributed by atoms with Gasteiger partial charge >= 0.3 is 11.9 Å². The van der Waals surface area contributed by atoms with E-state index in [4.69, 9.17) is 23.4 Å². The van der Waals surface area contributed by atoms with Crippen LogP contribution >= 0.6 is 0 Å². The first-order chi connectivity index (χ1) is 22.0.